The molecule has 2 heterocycles. The predicted octanol–water partition coefficient (Wildman–Crippen LogP) is 5.46. The Morgan fingerprint density at radius 3 is 2.48 bits per heavy atom. The lowest BCUT2D eigenvalue weighted by atomic mass is 9.85. The number of alkyl halides is 3. The van der Waals surface area contributed by atoms with Gasteiger partial charge in [0.2, 0.25) is 11.8 Å². The van der Waals surface area contributed by atoms with Crippen molar-refractivity contribution in [3.63, 3.8) is 0 Å². The summed E-state index contributed by atoms with van der Waals surface area (Å²) in [6.07, 6.45) is 2.33. The zero-order chi connectivity index (χ0) is 21.6. The van der Waals surface area contributed by atoms with E-state index in [1.807, 2.05) is 41.2 Å². The molecule has 3 aromatic rings. The molecule has 3 nitrogen and oxygen atoms in total. The third-order valence-electron chi connectivity index (χ3n) is 6.35. The molecule has 0 saturated heterocycles. The number of hydrogen-bond donors (Lipinski definition) is 1. The van der Waals surface area contributed by atoms with Gasteiger partial charge in [0.15, 0.2) is 12.4 Å². The lowest BCUT2D eigenvalue weighted by Crippen LogP contribution is -2.46. The van der Waals surface area contributed by atoms with Crippen molar-refractivity contribution in [3.05, 3.63) is 94.8 Å². The van der Waals surface area contributed by atoms with Crippen LogP contribution in [0.15, 0.2) is 67.0 Å². The fourth-order valence-corrected chi connectivity index (χ4v) is 4.69. The van der Waals surface area contributed by atoms with E-state index in [1.165, 1.54) is 11.6 Å². The van der Waals surface area contributed by atoms with Gasteiger partial charge in [-0.3, -0.25) is 4.79 Å². The summed E-state index contributed by atoms with van der Waals surface area (Å²) in [6, 6.07) is 15.6. The summed E-state index contributed by atoms with van der Waals surface area (Å²) in [6.45, 7) is 0. The molecular formula is C25H22F3N2O+. The second-order valence-electron chi connectivity index (χ2n) is 8.27. The summed E-state index contributed by atoms with van der Waals surface area (Å²) in [5, 5.41) is 3.59. The van der Waals surface area contributed by atoms with E-state index in [1.54, 1.807) is 0 Å². The number of benzene rings is 2. The average molecular weight is 423 g/mol. The Morgan fingerprint density at radius 1 is 0.935 bits per heavy atom. The maximum absolute atomic E-state index is 13.1. The molecule has 1 aromatic heterocycles. The van der Waals surface area contributed by atoms with Gasteiger partial charge in [-0.1, -0.05) is 36.4 Å². The minimum absolute atomic E-state index is 0.120. The van der Waals surface area contributed by atoms with Crippen LogP contribution in [0.3, 0.4) is 0 Å². The molecule has 31 heavy (non-hydrogen) atoms. The van der Waals surface area contributed by atoms with Crippen LogP contribution in [-0.4, -0.2) is 5.78 Å². The molecule has 6 heteroatoms. The molecule has 0 fully saturated rings. The third kappa shape index (κ3) is 3.71. The van der Waals surface area contributed by atoms with Gasteiger partial charge in [-0.05, 0) is 42.5 Å². The number of nitrogens with zero attached hydrogens (tertiary/aromatic N) is 1. The first kappa shape index (κ1) is 19.8. The van der Waals surface area contributed by atoms with Gasteiger partial charge in [-0.2, -0.15) is 17.7 Å². The maximum Gasteiger partial charge on any atom is 0.416 e. The van der Waals surface area contributed by atoms with E-state index >= 15 is 0 Å². The first-order valence-corrected chi connectivity index (χ1v) is 10.5. The van der Waals surface area contributed by atoms with Crippen LogP contribution in [0.2, 0.25) is 0 Å². The smallest absolute Gasteiger partial charge is 0.378 e. The van der Waals surface area contributed by atoms with Crippen LogP contribution >= 0.6 is 0 Å². The number of carbonyl (C=O) groups is 1. The second-order valence-corrected chi connectivity index (χ2v) is 8.27. The van der Waals surface area contributed by atoms with Crippen LogP contribution in [0.5, 0.6) is 0 Å². The van der Waals surface area contributed by atoms with Crippen molar-refractivity contribution in [3.8, 4) is 0 Å². The number of anilines is 1. The van der Waals surface area contributed by atoms with Crippen LogP contribution in [0.4, 0.5) is 18.9 Å². The number of hydrogen-bond acceptors (Lipinski definition) is 2. The SMILES string of the molecule is O=C1c2ccc(C(F)(F)F)cc2CCC1[n+]1ccc2c(c1)CCC(c1ccccc1)N2. The number of nitrogens with one attached hydrogen (secondary N) is 1. The number of ketones is 1. The summed E-state index contributed by atoms with van der Waals surface area (Å²) < 4.78 is 40.9. The largest absolute Gasteiger partial charge is 0.416 e. The van der Waals surface area contributed by atoms with E-state index < -0.39 is 11.7 Å². The van der Waals surface area contributed by atoms with Crippen molar-refractivity contribution in [2.75, 3.05) is 5.32 Å². The van der Waals surface area contributed by atoms with Gasteiger partial charge >= 0.3 is 6.18 Å². The van der Waals surface area contributed by atoms with Gasteiger partial charge in [0.05, 0.1) is 11.6 Å². The fourth-order valence-electron chi connectivity index (χ4n) is 4.69. The van der Waals surface area contributed by atoms with E-state index in [0.29, 0.717) is 24.0 Å². The number of aryl methyl sites for hydroxylation is 2. The normalized spacial score (nSPS) is 20.5. The van der Waals surface area contributed by atoms with E-state index in [9.17, 15) is 18.0 Å². The van der Waals surface area contributed by atoms with Crippen molar-refractivity contribution in [2.45, 2.75) is 43.9 Å². The minimum atomic E-state index is -4.40. The molecule has 2 unspecified atom stereocenters. The zero-order valence-corrected chi connectivity index (χ0v) is 16.8. The van der Waals surface area contributed by atoms with Crippen molar-refractivity contribution < 1.29 is 22.5 Å². The fraction of sp³-hybridized carbons (Fsp3) is 0.280. The van der Waals surface area contributed by atoms with Crippen molar-refractivity contribution in [1.82, 2.24) is 0 Å². The first-order valence-electron chi connectivity index (χ1n) is 10.5. The second kappa shape index (κ2) is 7.52. The maximum atomic E-state index is 13.1. The Hall–Kier alpha value is -3.15. The number of halogens is 3. The number of aromatic nitrogens is 1. The Kier molecular flexibility index (Phi) is 4.80. The quantitative estimate of drug-likeness (QED) is 0.555. The molecular weight excluding hydrogens is 401 g/mol. The Labute approximate surface area is 178 Å². The van der Waals surface area contributed by atoms with E-state index in [-0.39, 0.29) is 17.9 Å². The first-order chi connectivity index (χ1) is 14.9. The van der Waals surface area contributed by atoms with Crippen molar-refractivity contribution in [2.24, 2.45) is 0 Å². The molecule has 0 spiro atoms. The molecule has 0 bridgehead atoms. The lowest BCUT2D eigenvalue weighted by molar-refractivity contribution is -0.709. The summed E-state index contributed by atoms with van der Waals surface area (Å²) in [5.74, 6) is -0.120. The van der Waals surface area contributed by atoms with Crippen LogP contribution in [0.25, 0.3) is 0 Å². The van der Waals surface area contributed by atoms with Gasteiger partial charge in [0.1, 0.15) is 0 Å². The van der Waals surface area contributed by atoms with Crippen LogP contribution in [0.1, 0.15) is 57.5 Å². The molecule has 5 rings (SSSR count). The molecule has 0 radical (unpaired) electrons. The van der Waals surface area contributed by atoms with Gasteiger partial charge < -0.3 is 5.32 Å². The lowest BCUT2D eigenvalue weighted by Gasteiger charge is -2.27. The molecule has 1 aliphatic carbocycles. The van der Waals surface area contributed by atoms with Crippen molar-refractivity contribution in [1.29, 1.82) is 0 Å². The Morgan fingerprint density at radius 2 is 1.71 bits per heavy atom. The number of Topliss-reactive ketones (excluding diaryl/α,β-unsaturated/α-hetero) is 1. The predicted molar refractivity (Wildman–Crippen MR) is 111 cm³/mol. The van der Waals surface area contributed by atoms with Gasteiger partial charge in [0.25, 0.3) is 0 Å². The van der Waals surface area contributed by atoms with Crippen molar-refractivity contribution >= 4 is 11.5 Å². The van der Waals surface area contributed by atoms with E-state index in [2.05, 4.69) is 17.4 Å². The highest BCUT2D eigenvalue weighted by Gasteiger charge is 2.37. The minimum Gasteiger partial charge on any atom is -0.378 e. The van der Waals surface area contributed by atoms with Gasteiger partial charge in [-0.25, -0.2) is 0 Å². The average Bonchev–Trinajstić information content (AvgIpc) is 2.78. The molecule has 0 saturated carbocycles. The standard InChI is InChI=1S/C25H21F3N2O/c26-25(27,28)19-8-9-20-17(14-19)7-11-23(24(20)31)30-13-12-22-18(15-30)6-10-21(29-22)16-4-2-1-3-5-16/h1-5,8-9,12-15,21,23H,6-7,10-11H2/p+1. The number of fused-ring (bicyclic) bond motifs is 2. The number of rotatable bonds is 2. The van der Waals surface area contributed by atoms with Crippen LogP contribution < -0.4 is 9.88 Å². The molecule has 1 N–H and O–H groups in total. The molecule has 0 amide bonds. The summed E-state index contributed by atoms with van der Waals surface area (Å²) >= 11 is 0. The van der Waals surface area contributed by atoms with Gasteiger partial charge in [0, 0.05) is 29.3 Å². The highest BCUT2D eigenvalue weighted by molar-refractivity contribution is 6.00. The monoisotopic (exact) mass is 423 g/mol. The Bertz CT molecular complexity index is 1140. The summed E-state index contributed by atoms with van der Waals surface area (Å²) in [4.78, 5) is 13.1. The van der Waals surface area contributed by atoms with E-state index in [4.69, 9.17) is 0 Å². The summed E-state index contributed by atoms with van der Waals surface area (Å²) in [7, 11) is 0. The molecule has 2 aromatic carbocycles. The Balaban J connectivity index is 1.38. The number of carbonyl (C=O) groups excluding carboxylic acids is 1. The highest BCUT2D eigenvalue weighted by Crippen LogP contribution is 2.35. The third-order valence-corrected chi connectivity index (χ3v) is 6.35. The molecule has 1 aliphatic heterocycles. The zero-order valence-electron chi connectivity index (χ0n) is 16.8. The molecule has 2 aliphatic rings. The van der Waals surface area contributed by atoms with Gasteiger partial charge in [-0.15, -0.1) is 0 Å². The highest BCUT2D eigenvalue weighted by atomic mass is 19.4. The number of pyridine rings is 1. The van der Waals surface area contributed by atoms with E-state index in [0.717, 1.165) is 36.2 Å². The molecule has 158 valence electrons. The molecule has 2 atom stereocenters. The van der Waals surface area contributed by atoms with Crippen LogP contribution in [-0.2, 0) is 19.0 Å². The van der Waals surface area contributed by atoms with Crippen LogP contribution in [0, 0.1) is 0 Å². The topological polar surface area (TPSA) is 33.0 Å². The summed E-state index contributed by atoms with van der Waals surface area (Å²) in [5.41, 5.74) is 3.66.